The summed E-state index contributed by atoms with van der Waals surface area (Å²) < 4.78 is 5.87. The van der Waals surface area contributed by atoms with Crippen molar-refractivity contribution in [2.45, 2.75) is 46.3 Å². The molecule has 0 saturated carbocycles. The molecule has 0 radical (unpaired) electrons. The molecule has 1 heterocycles. The molecule has 0 fully saturated rings. The normalized spacial score (nSPS) is 19.8. The van der Waals surface area contributed by atoms with Crippen molar-refractivity contribution in [1.82, 2.24) is 0 Å². The first kappa shape index (κ1) is 14.9. The molecule has 0 aromatic heterocycles. The van der Waals surface area contributed by atoms with Crippen LogP contribution in [0.2, 0.25) is 0 Å². The maximum Gasteiger partial charge on any atom is 0.268 e. The molecule has 2 rings (SSSR count). The zero-order chi connectivity index (χ0) is 14.9. The van der Waals surface area contributed by atoms with E-state index in [-0.39, 0.29) is 17.9 Å². The van der Waals surface area contributed by atoms with Crippen LogP contribution in [0.15, 0.2) is 18.2 Å². The summed E-state index contributed by atoms with van der Waals surface area (Å²) >= 11 is 0. The molecule has 1 aromatic rings. The fourth-order valence-electron chi connectivity index (χ4n) is 2.52. The van der Waals surface area contributed by atoms with Crippen molar-refractivity contribution in [2.24, 2.45) is 11.7 Å². The minimum absolute atomic E-state index is 0.00284. The highest BCUT2D eigenvalue weighted by molar-refractivity contribution is 6.00. The molecule has 1 aliphatic heterocycles. The first-order valence-electron chi connectivity index (χ1n) is 7.37. The lowest BCUT2D eigenvalue weighted by Gasteiger charge is -2.36. The van der Waals surface area contributed by atoms with Crippen LogP contribution in [0.25, 0.3) is 0 Å². The first-order valence-corrected chi connectivity index (χ1v) is 7.37. The number of carbonyl (C=O) groups is 1. The number of ether oxygens (including phenoxy) is 1. The standard InChI is InChI=1S/C16H24N2O2/c1-5-12(17)11-7-8-14-13(9-11)18(6-2)16(19)15(20-14)10(3)4/h7-10,12,15H,5-6,17H2,1-4H3. The van der Waals surface area contributed by atoms with Crippen molar-refractivity contribution in [1.29, 1.82) is 0 Å². The molecule has 2 unspecified atom stereocenters. The van der Waals surface area contributed by atoms with Crippen LogP contribution in [0.5, 0.6) is 5.75 Å². The average Bonchev–Trinajstić information content (AvgIpc) is 2.45. The van der Waals surface area contributed by atoms with Gasteiger partial charge in [0.2, 0.25) is 0 Å². The van der Waals surface area contributed by atoms with Crippen LogP contribution in [0.3, 0.4) is 0 Å². The van der Waals surface area contributed by atoms with Gasteiger partial charge in [0.25, 0.3) is 5.91 Å². The minimum atomic E-state index is -0.395. The van der Waals surface area contributed by atoms with Crippen LogP contribution >= 0.6 is 0 Å². The van der Waals surface area contributed by atoms with Crippen molar-refractivity contribution in [3.8, 4) is 5.75 Å². The molecule has 0 aliphatic carbocycles. The van der Waals surface area contributed by atoms with Gasteiger partial charge >= 0.3 is 0 Å². The Morgan fingerprint density at radius 2 is 2.05 bits per heavy atom. The predicted octanol–water partition coefficient (Wildman–Crippen LogP) is 2.87. The summed E-state index contributed by atoms with van der Waals surface area (Å²) in [7, 11) is 0. The summed E-state index contributed by atoms with van der Waals surface area (Å²) in [6, 6.07) is 5.91. The van der Waals surface area contributed by atoms with Gasteiger partial charge in [0.15, 0.2) is 6.10 Å². The van der Waals surface area contributed by atoms with E-state index in [0.29, 0.717) is 6.54 Å². The van der Waals surface area contributed by atoms with Crippen molar-refractivity contribution >= 4 is 11.6 Å². The average molecular weight is 276 g/mol. The smallest absolute Gasteiger partial charge is 0.268 e. The number of hydrogen-bond donors (Lipinski definition) is 1. The van der Waals surface area contributed by atoms with Crippen LogP contribution in [0.4, 0.5) is 5.69 Å². The summed E-state index contributed by atoms with van der Waals surface area (Å²) in [6.07, 6.45) is 0.474. The molecular formula is C16H24N2O2. The number of anilines is 1. The molecule has 0 saturated heterocycles. The molecule has 20 heavy (non-hydrogen) atoms. The third-order valence-corrected chi connectivity index (χ3v) is 3.83. The Morgan fingerprint density at radius 1 is 1.35 bits per heavy atom. The Bertz CT molecular complexity index is 499. The van der Waals surface area contributed by atoms with Crippen molar-refractivity contribution in [3.63, 3.8) is 0 Å². The lowest BCUT2D eigenvalue weighted by Crippen LogP contribution is -2.48. The second-order valence-corrected chi connectivity index (χ2v) is 5.61. The van der Waals surface area contributed by atoms with Gasteiger partial charge in [-0.1, -0.05) is 26.8 Å². The lowest BCUT2D eigenvalue weighted by molar-refractivity contribution is -0.128. The Kier molecular flexibility index (Phi) is 4.33. The van der Waals surface area contributed by atoms with E-state index in [1.165, 1.54) is 0 Å². The predicted molar refractivity (Wildman–Crippen MR) is 80.9 cm³/mol. The van der Waals surface area contributed by atoms with Gasteiger partial charge in [-0.05, 0) is 37.0 Å². The molecule has 1 aliphatic rings. The summed E-state index contributed by atoms with van der Waals surface area (Å²) in [5, 5.41) is 0. The maximum atomic E-state index is 12.5. The van der Waals surface area contributed by atoms with Crippen LogP contribution in [0, 0.1) is 5.92 Å². The molecule has 0 spiro atoms. The monoisotopic (exact) mass is 276 g/mol. The van der Waals surface area contributed by atoms with E-state index in [4.69, 9.17) is 10.5 Å². The van der Waals surface area contributed by atoms with Gasteiger partial charge in [0.05, 0.1) is 5.69 Å². The molecule has 4 heteroatoms. The Balaban J connectivity index is 2.43. The molecule has 2 atom stereocenters. The Labute approximate surface area is 120 Å². The molecule has 1 aromatic carbocycles. The summed E-state index contributed by atoms with van der Waals surface area (Å²) in [4.78, 5) is 14.3. The van der Waals surface area contributed by atoms with Crippen LogP contribution in [-0.4, -0.2) is 18.6 Å². The van der Waals surface area contributed by atoms with Crippen LogP contribution in [-0.2, 0) is 4.79 Å². The van der Waals surface area contributed by atoms with Crippen molar-refractivity contribution in [3.05, 3.63) is 23.8 Å². The molecule has 1 amide bonds. The number of hydrogen-bond acceptors (Lipinski definition) is 3. The molecular weight excluding hydrogens is 252 g/mol. The van der Waals surface area contributed by atoms with Crippen LogP contribution < -0.4 is 15.4 Å². The zero-order valence-electron chi connectivity index (χ0n) is 12.7. The zero-order valence-corrected chi connectivity index (χ0v) is 12.7. The second kappa shape index (κ2) is 5.83. The van der Waals surface area contributed by atoms with E-state index < -0.39 is 6.10 Å². The topological polar surface area (TPSA) is 55.6 Å². The molecule has 2 N–H and O–H groups in total. The van der Waals surface area contributed by atoms with E-state index in [1.54, 1.807) is 4.90 Å². The number of carbonyl (C=O) groups excluding carboxylic acids is 1. The number of amides is 1. The highest BCUT2D eigenvalue weighted by Crippen LogP contribution is 2.37. The van der Waals surface area contributed by atoms with Crippen LogP contribution in [0.1, 0.15) is 45.7 Å². The summed E-state index contributed by atoms with van der Waals surface area (Å²) in [5.74, 6) is 0.969. The first-order chi connectivity index (χ1) is 9.49. The van der Waals surface area contributed by atoms with Gasteiger partial charge in [-0.2, -0.15) is 0 Å². The number of nitrogens with zero attached hydrogens (tertiary/aromatic N) is 1. The molecule has 4 nitrogen and oxygen atoms in total. The number of benzene rings is 1. The van der Waals surface area contributed by atoms with Gasteiger partial charge in [0, 0.05) is 12.6 Å². The third-order valence-electron chi connectivity index (χ3n) is 3.83. The Morgan fingerprint density at radius 3 is 2.60 bits per heavy atom. The van der Waals surface area contributed by atoms with E-state index >= 15 is 0 Å². The summed E-state index contributed by atoms with van der Waals surface area (Å²) in [6.45, 7) is 8.68. The van der Waals surface area contributed by atoms with Gasteiger partial charge in [-0.15, -0.1) is 0 Å². The van der Waals surface area contributed by atoms with E-state index in [9.17, 15) is 4.79 Å². The fraction of sp³-hybridized carbons (Fsp3) is 0.562. The van der Waals surface area contributed by atoms with Crippen molar-refractivity contribution < 1.29 is 9.53 Å². The van der Waals surface area contributed by atoms with Gasteiger partial charge < -0.3 is 15.4 Å². The highest BCUT2D eigenvalue weighted by atomic mass is 16.5. The van der Waals surface area contributed by atoms with E-state index in [0.717, 1.165) is 23.4 Å². The van der Waals surface area contributed by atoms with Gasteiger partial charge in [-0.25, -0.2) is 0 Å². The van der Waals surface area contributed by atoms with E-state index in [2.05, 4.69) is 6.92 Å². The fourth-order valence-corrected chi connectivity index (χ4v) is 2.52. The van der Waals surface area contributed by atoms with Gasteiger partial charge in [0.1, 0.15) is 5.75 Å². The maximum absolute atomic E-state index is 12.5. The highest BCUT2D eigenvalue weighted by Gasteiger charge is 2.35. The number of likely N-dealkylation sites (N-methyl/N-ethyl adjacent to an activating group) is 1. The van der Waals surface area contributed by atoms with E-state index in [1.807, 2.05) is 39.0 Å². The molecule has 0 bridgehead atoms. The quantitative estimate of drug-likeness (QED) is 0.920. The van der Waals surface area contributed by atoms with Crippen molar-refractivity contribution in [2.75, 3.05) is 11.4 Å². The largest absolute Gasteiger partial charge is 0.478 e. The summed E-state index contributed by atoms with van der Waals surface area (Å²) in [5.41, 5.74) is 7.97. The number of nitrogens with two attached hydrogens (primary N) is 1. The molecule has 110 valence electrons. The van der Waals surface area contributed by atoms with Gasteiger partial charge in [-0.3, -0.25) is 4.79 Å². The lowest BCUT2D eigenvalue weighted by atomic mass is 10.00. The second-order valence-electron chi connectivity index (χ2n) is 5.61. The number of rotatable bonds is 4. The third kappa shape index (κ3) is 2.52. The minimum Gasteiger partial charge on any atom is -0.478 e. The SMILES string of the molecule is CCC(N)c1ccc2c(c1)N(CC)C(=O)C(C(C)C)O2. The number of fused-ring (bicyclic) bond motifs is 1. The Hall–Kier alpha value is -1.55.